The van der Waals surface area contributed by atoms with Gasteiger partial charge in [-0.05, 0) is 24.1 Å². The fraction of sp³-hybridized carbons (Fsp3) is 0.250. The van der Waals surface area contributed by atoms with Crippen molar-refractivity contribution in [2.45, 2.75) is 18.4 Å². The quantitative estimate of drug-likeness (QED) is 0.934. The molecule has 0 saturated carbocycles. The third-order valence-electron chi connectivity index (χ3n) is 3.72. The summed E-state index contributed by atoms with van der Waals surface area (Å²) in [4.78, 5) is 0. The van der Waals surface area contributed by atoms with Crippen LogP contribution in [0.4, 0.5) is 8.78 Å². The number of halogens is 2. The van der Waals surface area contributed by atoms with Crippen molar-refractivity contribution in [2.24, 2.45) is 5.73 Å². The number of nitrogens with two attached hydrogens (primary N) is 1. The molecule has 1 heterocycles. The van der Waals surface area contributed by atoms with Gasteiger partial charge in [-0.25, -0.2) is 8.78 Å². The third-order valence-corrected chi connectivity index (χ3v) is 3.72. The Bertz CT molecular complexity index is 630. The van der Waals surface area contributed by atoms with E-state index in [0.29, 0.717) is 18.6 Å². The molecule has 0 saturated heterocycles. The molecule has 0 radical (unpaired) electrons. The first kappa shape index (κ1) is 13.1. The van der Waals surface area contributed by atoms with E-state index in [1.54, 1.807) is 0 Å². The number of rotatable bonds is 3. The zero-order chi connectivity index (χ0) is 14.1. The normalized spacial score (nSPS) is 18.4. The molecular weight excluding hydrogens is 260 g/mol. The fourth-order valence-electron chi connectivity index (χ4n) is 2.63. The lowest BCUT2D eigenvalue weighted by Crippen LogP contribution is -2.32. The summed E-state index contributed by atoms with van der Waals surface area (Å²) < 4.78 is 32.1. The summed E-state index contributed by atoms with van der Waals surface area (Å²) in [5.74, 6) is -0.245. The monoisotopic (exact) mass is 275 g/mol. The number of para-hydroxylation sites is 1. The maximum Gasteiger partial charge on any atom is 0.129 e. The van der Waals surface area contributed by atoms with Crippen molar-refractivity contribution in [3.05, 3.63) is 65.2 Å². The van der Waals surface area contributed by atoms with Crippen molar-refractivity contribution in [3.63, 3.8) is 0 Å². The molecule has 2 unspecified atom stereocenters. The second-order valence-corrected chi connectivity index (χ2v) is 5.06. The van der Waals surface area contributed by atoms with Gasteiger partial charge in [0.25, 0.3) is 0 Å². The van der Waals surface area contributed by atoms with Crippen LogP contribution in [0.3, 0.4) is 0 Å². The minimum Gasteiger partial charge on any atom is -0.493 e. The maximum absolute atomic E-state index is 13.7. The Morgan fingerprint density at radius 3 is 2.80 bits per heavy atom. The molecule has 0 spiro atoms. The van der Waals surface area contributed by atoms with Crippen molar-refractivity contribution in [1.29, 1.82) is 0 Å². The molecule has 3 rings (SSSR count). The van der Waals surface area contributed by atoms with E-state index in [9.17, 15) is 8.78 Å². The van der Waals surface area contributed by atoms with Gasteiger partial charge in [-0.1, -0.05) is 24.3 Å². The van der Waals surface area contributed by atoms with Gasteiger partial charge in [0.05, 0.1) is 6.61 Å². The molecule has 20 heavy (non-hydrogen) atoms. The number of hydrogen-bond acceptors (Lipinski definition) is 2. The van der Waals surface area contributed by atoms with Crippen molar-refractivity contribution in [2.75, 3.05) is 6.61 Å². The second kappa shape index (κ2) is 5.21. The number of fused-ring (bicyclic) bond motifs is 1. The Morgan fingerprint density at radius 2 is 2.00 bits per heavy atom. The van der Waals surface area contributed by atoms with E-state index in [2.05, 4.69) is 0 Å². The topological polar surface area (TPSA) is 35.2 Å². The van der Waals surface area contributed by atoms with E-state index in [1.165, 1.54) is 12.1 Å². The van der Waals surface area contributed by atoms with Gasteiger partial charge in [0.1, 0.15) is 17.4 Å². The summed E-state index contributed by atoms with van der Waals surface area (Å²) in [5, 5.41) is 0. The van der Waals surface area contributed by atoms with E-state index in [4.69, 9.17) is 10.5 Å². The van der Waals surface area contributed by atoms with Crippen molar-refractivity contribution < 1.29 is 13.5 Å². The summed E-state index contributed by atoms with van der Waals surface area (Å²) in [7, 11) is 0. The molecule has 2 N–H and O–H groups in total. The average Bonchev–Trinajstić information content (AvgIpc) is 2.86. The first-order valence-electron chi connectivity index (χ1n) is 6.56. The van der Waals surface area contributed by atoms with Crippen LogP contribution in [0.2, 0.25) is 0 Å². The first-order valence-corrected chi connectivity index (χ1v) is 6.56. The van der Waals surface area contributed by atoms with Gasteiger partial charge in [0.2, 0.25) is 0 Å². The molecule has 0 amide bonds. The highest BCUT2D eigenvalue weighted by atomic mass is 19.1. The highest BCUT2D eigenvalue weighted by molar-refractivity contribution is 5.40. The van der Waals surface area contributed by atoms with Crippen LogP contribution in [0.15, 0.2) is 42.5 Å². The first-order chi connectivity index (χ1) is 9.65. The van der Waals surface area contributed by atoms with Gasteiger partial charge >= 0.3 is 0 Å². The standard InChI is InChI=1S/C16H15F2NO/c17-11-6-5-10(14(18)8-11)7-15(19)13-9-20-16-4-2-1-3-12(13)16/h1-6,8,13,15H,7,9,19H2. The van der Waals surface area contributed by atoms with E-state index >= 15 is 0 Å². The van der Waals surface area contributed by atoms with Gasteiger partial charge in [0.15, 0.2) is 0 Å². The molecule has 0 aromatic heterocycles. The second-order valence-electron chi connectivity index (χ2n) is 5.06. The molecule has 0 bridgehead atoms. The van der Waals surface area contributed by atoms with Crippen LogP contribution in [0, 0.1) is 11.6 Å². The average molecular weight is 275 g/mol. The molecular formula is C16H15F2NO. The molecule has 2 aromatic rings. The Labute approximate surface area is 116 Å². The van der Waals surface area contributed by atoms with Gasteiger partial charge in [0, 0.05) is 23.6 Å². The molecule has 0 fully saturated rings. The SMILES string of the molecule is NC(Cc1ccc(F)cc1F)C1COc2ccccc21. The van der Waals surface area contributed by atoms with Gasteiger partial charge in [-0.15, -0.1) is 0 Å². The molecule has 1 aliphatic rings. The molecule has 0 aliphatic carbocycles. The molecule has 104 valence electrons. The van der Waals surface area contributed by atoms with E-state index in [-0.39, 0.29) is 12.0 Å². The van der Waals surface area contributed by atoms with E-state index in [1.807, 2.05) is 24.3 Å². The minimum absolute atomic E-state index is 0.0376. The van der Waals surface area contributed by atoms with Crippen LogP contribution in [-0.4, -0.2) is 12.6 Å². The summed E-state index contributed by atoms with van der Waals surface area (Å²) in [5.41, 5.74) is 7.68. The highest BCUT2D eigenvalue weighted by Gasteiger charge is 2.29. The Hall–Kier alpha value is -1.94. The minimum atomic E-state index is -0.575. The van der Waals surface area contributed by atoms with Crippen molar-refractivity contribution >= 4 is 0 Å². The van der Waals surface area contributed by atoms with Gasteiger partial charge in [-0.2, -0.15) is 0 Å². The highest BCUT2D eigenvalue weighted by Crippen LogP contribution is 2.35. The van der Waals surface area contributed by atoms with E-state index in [0.717, 1.165) is 17.4 Å². The zero-order valence-corrected chi connectivity index (χ0v) is 10.9. The van der Waals surface area contributed by atoms with Crippen LogP contribution >= 0.6 is 0 Å². The lowest BCUT2D eigenvalue weighted by molar-refractivity contribution is 0.312. The van der Waals surface area contributed by atoms with E-state index < -0.39 is 11.6 Å². The zero-order valence-electron chi connectivity index (χ0n) is 10.9. The lowest BCUT2D eigenvalue weighted by Gasteiger charge is -2.18. The summed E-state index contributed by atoms with van der Waals surface area (Å²) >= 11 is 0. The Balaban J connectivity index is 1.79. The van der Waals surface area contributed by atoms with Gasteiger partial charge < -0.3 is 10.5 Å². The fourth-order valence-corrected chi connectivity index (χ4v) is 2.63. The van der Waals surface area contributed by atoms with Crippen molar-refractivity contribution in [1.82, 2.24) is 0 Å². The lowest BCUT2D eigenvalue weighted by atomic mass is 9.89. The van der Waals surface area contributed by atoms with Crippen LogP contribution in [0.5, 0.6) is 5.75 Å². The van der Waals surface area contributed by atoms with Crippen molar-refractivity contribution in [3.8, 4) is 5.75 Å². The summed E-state index contributed by atoms with van der Waals surface area (Å²) in [6.45, 7) is 0.503. The predicted octanol–water partition coefficient (Wildman–Crippen LogP) is 3.01. The third kappa shape index (κ3) is 2.39. The van der Waals surface area contributed by atoms with Crippen LogP contribution in [0.1, 0.15) is 17.0 Å². The van der Waals surface area contributed by atoms with Crippen LogP contribution in [-0.2, 0) is 6.42 Å². The molecule has 2 atom stereocenters. The molecule has 2 nitrogen and oxygen atoms in total. The number of benzene rings is 2. The summed E-state index contributed by atoms with van der Waals surface area (Å²) in [6, 6.07) is 11.1. The summed E-state index contributed by atoms with van der Waals surface area (Å²) in [6.07, 6.45) is 0.356. The Kier molecular flexibility index (Phi) is 3.40. The number of hydrogen-bond donors (Lipinski definition) is 1. The molecule has 1 aliphatic heterocycles. The van der Waals surface area contributed by atoms with Crippen LogP contribution < -0.4 is 10.5 Å². The van der Waals surface area contributed by atoms with Gasteiger partial charge in [-0.3, -0.25) is 0 Å². The van der Waals surface area contributed by atoms with Crippen LogP contribution in [0.25, 0.3) is 0 Å². The smallest absolute Gasteiger partial charge is 0.129 e. The molecule has 4 heteroatoms. The number of ether oxygens (including phenoxy) is 1. The Morgan fingerprint density at radius 1 is 1.20 bits per heavy atom. The maximum atomic E-state index is 13.7. The predicted molar refractivity (Wildman–Crippen MR) is 72.7 cm³/mol. The largest absolute Gasteiger partial charge is 0.493 e. The molecule has 2 aromatic carbocycles.